The lowest BCUT2D eigenvalue weighted by Gasteiger charge is -2.36. The van der Waals surface area contributed by atoms with Gasteiger partial charge < -0.3 is 14.0 Å². The highest BCUT2D eigenvalue weighted by Gasteiger charge is 2.40. The van der Waals surface area contributed by atoms with Crippen LogP contribution in [0.1, 0.15) is 38.1 Å². The van der Waals surface area contributed by atoms with E-state index in [9.17, 15) is 0 Å². The van der Waals surface area contributed by atoms with Crippen molar-refractivity contribution in [2.75, 3.05) is 13.2 Å². The molecule has 1 aromatic heterocycles. The summed E-state index contributed by atoms with van der Waals surface area (Å²) >= 11 is 3.66. The Labute approximate surface area is 138 Å². The van der Waals surface area contributed by atoms with Crippen LogP contribution in [0.3, 0.4) is 0 Å². The average molecular weight is 363 g/mol. The molecule has 4 nitrogen and oxygen atoms in total. The van der Waals surface area contributed by atoms with Crippen LogP contribution in [-0.2, 0) is 9.47 Å². The van der Waals surface area contributed by atoms with Crippen LogP contribution in [0.5, 0.6) is 0 Å². The molecule has 1 saturated carbocycles. The SMILES string of the molecule is N#CC1C=c2c(Br)cn(C3CCC4(CC3)OCCO4)c2=CC1. The van der Waals surface area contributed by atoms with Gasteiger partial charge in [0.1, 0.15) is 0 Å². The summed E-state index contributed by atoms with van der Waals surface area (Å²) < 4.78 is 15.1. The van der Waals surface area contributed by atoms with Crippen molar-refractivity contribution in [1.82, 2.24) is 4.57 Å². The molecule has 0 N–H and O–H groups in total. The van der Waals surface area contributed by atoms with Crippen molar-refractivity contribution in [2.24, 2.45) is 5.92 Å². The summed E-state index contributed by atoms with van der Waals surface area (Å²) in [5, 5.41) is 11.6. The number of nitrogens with zero attached hydrogens (tertiary/aromatic N) is 2. The molecule has 1 aliphatic heterocycles. The second-order valence-corrected chi connectivity index (χ2v) is 7.22. The molecule has 0 radical (unpaired) electrons. The van der Waals surface area contributed by atoms with Gasteiger partial charge in [0, 0.05) is 40.1 Å². The van der Waals surface area contributed by atoms with Crippen molar-refractivity contribution >= 4 is 28.1 Å². The highest BCUT2D eigenvalue weighted by atomic mass is 79.9. The molecular formula is C17H19BrN2O2. The molecule has 3 aliphatic rings. The molecule has 1 aromatic rings. The molecule has 5 heteroatoms. The van der Waals surface area contributed by atoms with E-state index in [1.807, 2.05) is 0 Å². The van der Waals surface area contributed by atoms with Gasteiger partial charge in [0.05, 0.1) is 25.2 Å². The van der Waals surface area contributed by atoms with Gasteiger partial charge in [0.2, 0.25) is 0 Å². The quantitative estimate of drug-likeness (QED) is 0.769. The maximum atomic E-state index is 9.13. The van der Waals surface area contributed by atoms with Gasteiger partial charge in [0.15, 0.2) is 5.79 Å². The summed E-state index contributed by atoms with van der Waals surface area (Å²) in [4.78, 5) is 0. The van der Waals surface area contributed by atoms with E-state index in [1.165, 1.54) is 10.6 Å². The maximum Gasteiger partial charge on any atom is 0.168 e. The van der Waals surface area contributed by atoms with E-state index in [0.29, 0.717) is 6.04 Å². The van der Waals surface area contributed by atoms with Crippen molar-refractivity contribution in [1.29, 1.82) is 5.26 Å². The summed E-state index contributed by atoms with van der Waals surface area (Å²) in [6.07, 6.45) is 11.4. The summed E-state index contributed by atoms with van der Waals surface area (Å²) in [5.41, 5.74) is 0. The van der Waals surface area contributed by atoms with Gasteiger partial charge >= 0.3 is 0 Å². The van der Waals surface area contributed by atoms with Crippen LogP contribution in [0.4, 0.5) is 0 Å². The van der Waals surface area contributed by atoms with Crippen LogP contribution in [0.15, 0.2) is 10.7 Å². The van der Waals surface area contributed by atoms with Crippen LogP contribution < -0.4 is 10.6 Å². The van der Waals surface area contributed by atoms with Gasteiger partial charge in [-0.3, -0.25) is 0 Å². The summed E-state index contributed by atoms with van der Waals surface area (Å²) in [6.45, 7) is 1.46. The third kappa shape index (κ3) is 2.34. The predicted molar refractivity (Wildman–Crippen MR) is 86.2 cm³/mol. The molecule has 1 saturated heterocycles. The number of aromatic nitrogens is 1. The smallest absolute Gasteiger partial charge is 0.168 e. The third-order valence-corrected chi connectivity index (χ3v) is 5.72. The van der Waals surface area contributed by atoms with Crippen molar-refractivity contribution < 1.29 is 9.47 Å². The first-order valence-electron chi connectivity index (χ1n) is 7.97. The zero-order chi connectivity index (χ0) is 15.2. The van der Waals surface area contributed by atoms with Gasteiger partial charge in [0.25, 0.3) is 0 Å². The topological polar surface area (TPSA) is 47.2 Å². The van der Waals surface area contributed by atoms with Crippen LogP contribution in [0.2, 0.25) is 0 Å². The van der Waals surface area contributed by atoms with Crippen molar-refractivity contribution in [3.8, 4) is 6.07 Å². The Balaban J connectivity index is 1.62. The molecule has 0 bridgehead atoms. The van der Waals surface area contributed by atoms with Crippen LogP contribution >= 0.6 is 15.9 Å². The van der Waals surface area contributed by atoms with Gasteiger partial charge in [-0.15, -0.1) is 0 Å². The molecule has 116 valence electrons. The Hall–Kier alpha value is -1.09. The van der Waals surface area contributed by atoms with Gasteiger partial charge in [-0.25, -0.2) is 0 Å². The highest BCUT2D eigenvalue weighted by molar-refractivity contribution is 9.10. The van der Waals surface area contributed by atoms with Crippen molar-refractivity contribution in [2.45, 2.75) is 43.9 Å². The van der Waals surface area contributed by atoms with Crippen molar-refractivity contribution in [3.05, 3.63) is 21.2 Å². The van der Waals surface area contributed by atoms with Gasteiger partial charge in [-0.1, -0.05) is 12.2 Å². The monoisotopic (exact) mass is 362 g/mol. The van der Waals surface area contributed by atoms with E-state index >= 15 is 0 Å². The Morgan fingerprint density at radius 3 is 2.68 bits per heavy atom. The summed E-state index contributed by atoms with van der Waals surface area (Å²) in [6, 6.07) is 2.83. The summed E-state index contributed by atoms with van der Waals surface area (Å²) in [5.74, 6) is -0.308. The molecular weight excluding hydrogens is 344 g/mol. The van der Waals surface area contributed by atoms with Gasteiger partial charge in [-0.05, 0) is 35.2 Å². The molecule has 2 aliphatic carbocycles. The lowest BCUT2D eigenvalue weighted by Crippen LogP contribution is -2.40. The molecule has 1 atom stereocenters. The number of ether oxygens (including phenoxy) is 2. The van der Waals surface area contributed by atoms with E-state index in [1.54, 1.807) is 0 Å². The molecule has 2 fully saturated rings. The number of hydrogen-bond acceptors (Lipinski definition) is 3. The Morgan fingerprint density at radius 1 is 1.27 bits per heavy atom. The largest absolute Gasteiger partial charge is 0.348 e. The average Bonchev–Trinajstić information content (AvgIpc) is 3.13. The van der Waals surface area contributed by atoms with E-state index in [4.69, 9.17) is 14.7 Å². The molecule has 22 heavy (non-hydrogen) atoms. The second kappa shape index (κ2) is 5.52. The minimum Gasteiger partial charge on any atom is -0.348 e. The molecule has 0 aromatic carbocycles. The molecule has 0 amide bonds. The zero-order valence-electron chi connectivity index (χ0n) is 12.4. The standard InChI is InChI=1S/C17H19BrN2O2/c18-15-11-20(16-2-1-12(10-19)9-14(15)16)13-3-5-17(6-4-13)21-7-8-22-17/h2,9,11-13H,1,3-8H2. The number of hydrogen-bond donors (Lipinski definition) is 0. The second-order valence-electron chi connectivity index (χ2n) is 6.36. The van der Waals surface area contributed by atoms with Crippen LogP contribution in [-0.4, -0.2) is 23.6 Å². The minimum atomic E-state index is -0.303. The van der Waals surface area contributed by atoms with E-state index in [2.05, 4.69) is 44.9 Å². The predicted octanol–water partition coefficient (Wildman–Crippen LogP) is 2.21. The lowest BCUT2D eigenvalue weighted by atomic mass is 9.89. The van der Waals surface area contributed by atoms with E-state index in [-0.39, 0.29) is 11.7 Å². The fourth-order valence-electron chi connectivity index (χ4n) is 3.91. The van der Waals surface area contributed by atoms with Gasteiger partial charge in [-0.2, -0.15) is 5.26 Å². The minimum absolute atomic E-state index is 0.00503. The first-order chi connectivity index (χ1) is 10.7. The van der Waals surface area contributed by atoms with Crippen LogP contribution in [0.25, 0.3) is 12.2 Å². The number of rotatable bonds is 1. The molecule has 1 spiro atoms. The molecule has 2 heterocycles. The fraction of sp³-hybridized carbons (Fsp3) is 0.588. The van der Waals surface area contributed by atoms with E-state index in [0.717, 1.165) is 49.8 Å². The molecule has 4 rings (SSSR count). The third-order valence-electron chi connectivity index (χ3n) is 5.09. The normalized spacial score (nSPS) is 27.0. The molecule has 1 unspecified atom stereocenters. The lowest BCUT2D eigenvalue weighted by molar-refractivity contribution is -0.181. The Kier molecular flexibility index (Phi) is 3.64. The first-order valence-corrected chi connectivity index (χ1v) is 8.76. The number of halogens is 1. The Bertz CT molecular complexity index is 730. The highest BCUT2D eigenvalue weighted by Crippen LogP contribution is 2.39. The maximum absolute atomic E-state index is 9.13. The zero-order valence-corrected chi connectivity index (χ0v) is 14.0. The van der Waals surface area contributed by atoms with Crippen molar-refractivity contribution in [3.63, 3.8) is 0 Å². The first kappa shape index (κ1) is 14.5. The fourth-order valence-corrected chi connectivity index (χ4v) is 4.47. The Morgan fingerprint density at radius 2 is 2.00 bits per heavy atom. The summed E-state index contributed by atoms with van der Waals surface area (Å²) in [7, 11) is 0. The number of fused-ring (bicyclic) bond motifs is 1. The van der Waals surface area contributed by atoms with E-state index < -0.39 is 0 Å². The number of nitriles is 1. The van der Waals surface area contributed by atoms with Crippen LogP contribution in [0, 0.1) is 17.2 Å².